The van der Waals surface area contributed by atoms with Crippen molar-refractivity contribution in [1.82, 2.24) is 14.8 Å². The number of likely N-dealkylation sites (N-methyl/N-ethyl adjacent to an activating group) is 1. The second-order valence-electron chi connectivity index (χ2n) is 8.84. The largest absolute Gasteiger partial charge is 0.435 e. The molecule has 0 saturated carbocycles. The van der Waals surface area contributed by atoms with Gasteiger partial charge in [-0.3, -0.25) is 9.48 Å². The minimum Gasteiger partial charge on any atom is -0.366 e. The monoisotopic (exact) mass is 472 g/mol. The Labute approximate surface area is 196 Å². The molecule has 0 radical (unpaired) electrons. The van der Waals surface area contributed by atoms with Gasteiger partial charge in [0.15, 0.2) is 5.69 Å². The van der Waals surface area contributed by atoms with Gasteiger partial charge in [0.05, 0.1) is 23.6 Å². The Morgan fingerprint density at radius 2 is 1.82 bits per heavy atom. The van der Waals surface area contributed by atoms with Crippen molar-refractivity contribution in [1.29, 1.82) is 0 Å². The first-order chi connectivity index (χ1) is 16.0. The van der Waals surface area contributed by atoms with Crippen molar-refractivity contribution >= 4 is 23.1 Å². The highest BCUT2D eigenvalue weighted by molar-refractivity contribution is 6.04. The maximum absolute atomic E-state index is 12.7. The molecule has 34 heavy (non-hydrogen) atoms. The number of anilines is 3. The predicted octanol–water partition coefficient (Wildman–Crippen LogP) is 4.68. The van der Waals surface area contributed by atoms with Gasteiger partial charge in [-0.15, -0.1) is 0 Å². The summed E-state index contributed by atoms with van der Waals surface area (Å²) in [5.41, 5.74) is 3.33. The first-order valence-electron chi connectivity index (χ1n) is 11.0. The predicted molar refractivity (Wildman–Crippen MR) is 125 cm³/mol. The molecule has 180 valence electrons. The topological polar surface area (TPSA) is 75.1 Å². The summed E-state index contributed by atoms with van der Waals surface area (Å²) in [5, 5.41) is 9.90. The Kier molecular flexibility index (Phi) is 6.24. The van der Waals surface area contributed by atoms with Crippen molar-refractivity contribution in [3.63, 3.8) is 0 Å². The SMILES string of the molecule is Cc1nc(NCc2ccc(Cn3ccc(C(F)(F)F)n3)cc2)cc2c1NC(=O)[C@H](C(C)C)N2C. The lowest BCUT2D eigenvalue weighted by molar-refractivity contribution is -0.141. The molecule has 0 unspecified atom stereocenters. The van der Waals surface area contributed by atoms with Gasteiger partial charge in [0.25, 0.3) is 0 Å². The van der Waals surface area contributed by atoms with E-state index in [0.717, 1.165) is 34.3 Å². The number of benzene rings is 1. The van der Waals surface area contributed by atoms with E-state index < -0.39 is 11.9 Å². The van der Waals surface area contributed by atoms with Crippen molar-refractivity contribution in [2.45, 2.75) is 46.1 Å². The summed E-state index contributed by atoms with van der Waals surface area (Å²) in [7, 11) is 1.92. The van der Waals surface area contributed by atoms with Crippen LogP contribution in [0.2, 0.25) is 0 Å². The highest BCUT2D eigenvalue weighted by Crippen LogP contribution is 2.36. The zero-order valence-corrected chi connectivity index (χ0v) is 19.4. The van der Waals surface area contributed by atoms with Gasteiger partial charge < -0.3 is 15.5 Å². The summed E-state index contributed by atoms with van der Waals surface area (Å²) in [6.45, 7) is 6.68. The van der Waals surface area contributed by atoms with Gasteiger partial charge in [-0.25, -0.2) is 4.98 Å². The third-order valence-corrected chi connectivity index (χ3v) is 5.90. The van der Waals surface area contributed by atoms with E-state index >= 15 is 0 Å². The molecule has 0 bridgehead atoms. The van der Waals surface area contributed by atoms with Crippen LogP contribution in [-0.4, -0.2) is 33.8 Å². The molecular weight excluding hydrogens is 445 g/mol. The van der Waals surface area contributed by atoms with Crippen LogP contribution in [0.5, 0.6) is 0 Å². The van der Waals surface area contributed by atoms with Gasteiger partial charge in [-0.1, -0.05) is 38.1 Å². The maximum atomic E-state index is 12.7. The number of nitrogens with one attached hydrogen (secondary N) is 2. The van der Waals surface area contributed by atoms with E-state index in [1.807, 2.05) is 63.1 Å². The van der Waals surface area contributed by atoms with E-state index in [2.05, 4.69) is 20.7 Å². The number of amides is 1. The molecule has 3 aromatic rings. The number of fused-ring (bicyclic) bond motifs is 1. The number of hydrogen-bond donors (Lipinski definition) is 2. The summed E-state index contributed by atoms with van der Waals surface area (Å²) < 4.78 is 39.4. The Morgan fingerprint density at radius 1 is 1.15 bits per heavy atom. The molecule has 0 saturated heterocycles. The lowest BCUT2D eigenvalue weighted by Crippen LogP contribution is -2.49. The Bertz CT molecular complexity index is 1190. The molecular formula is C24H27F3N6O. The Balaban J connectivity index is 1.43. The molecule has 7 nitrogen and oxygen atoms in total. The summed E-state index contributed by atoms with van der Waals surface area (Å²) in [4.78, 5) is 19.1. The zero-order chi connectivity index (χ0) is 24.6. The maximum Gasteiger partial charge on any atom is 0.435 e. The van der Waals surface area contributed by atoms with Gasteiger partial charge in [0.1, 0.15) is 11.9 Å². The summed E-state index contributed by atoms with van der Waals surface area (Å²) in [6.07, 6.45) is -3.12. The fourth-order valence-corrected chi connectivity index (χ4v) is 4.20. The average Bonchev–Trinajstić information content (AvgIpc) is 3.23. The quantitative estimate of drug-likeness (QED) is 0.545. The molecule has 1 amide bonds. The summed E-state index contributed by atoms with van der Waals surface area (Å²) in [6, 6.07) is 10.2. The van der Waals surface area contributed by atoms with Crippen LogP contribution in [-0.2, 0) is 24.1 Å². The molecule has 2 aromatic heterocycles. The minimum absolute atomic E-state index is 0.0274. The van der Waals surface area contributed by atoms with Gasteiger partial charge in [-0.2, -0.15) is 18.3 Å². The number of halogens is 3. The number of hydrogen-bond acceptors (Lipinski definition) is 5. The Hall–Kier alpha value is -3.56. The van der Waals surface area contributed by atoms with Crippen molar-refractivity contribution in [2.75, 3.05) is 22.6 Å². The highest BCUT2D eigenvalue weighted by Gasteiger charge is 2.34. The third-order valence-electron chi connectivity index (χ3n) is 5.90. The van der Waals surface area contributed by atoms with Crippen LogP contribution in [0.25, 0.3) is 0 Å². The van der Waals surface area contributed by atoms with E-state index in [9.17, 15) is 18.0 Å². The van der Waals surface area contributed by atoms with Crippen LogP contribution in [0.4, 0.5) is 30.4 Å². The van der Waals surface area contributed by atoms with Crippen LogP contribution in [0.1, 0.15) is 36.4 Å². The van der Waals surface area contributed by atoms with Crippen molar-refractivity contribution in [3.8, 4) is 0 Å². The number of nitrogens with zero attached hydrogens (tertiary/aromatic N) is 4. The van der Waals surface area contributed by atoms with E-state index in [0.29, 0.717) is 12.4 Å². The van der Waals surface area contributed by atoms with Gasteiger partial charge in [0, 0.05) is 25.9 Å². The second kappa shape index (κ2) is 9.00. The number of aryl methyl sites for hydroxylation is 1. The van der Waals surface area contributed by atoms with Crippen molar-refractivity contribution in [2.24, 2.45) is 5.92 Å². The first-order valence-corrected chi connectivity index (χ1v) is 11.0. The fourth-order valence-electron chi connectivity index (χ4n) is 4.20. The number of carbonyl (C=O) groups excluding carboxylic acids is 1. The molecule has 1 atom stereocenters. The molecule has 3 heterocycles. The molecule has 1 aliphatic rings. The molecule has 0 fully saturated rings. The highest BCUT2D eigenvalue weighted by atomic mass is 19.4. The fraction of sp³-hybridized carbons (Fsp3) is 0.375. The lowest BCUT2D eigenvalue weighted by atomic mass is 9.98. The smallest absolute Gasteiger partial charge is 0.366 e. The number of aromatic nitrogens is 3. The van der Waals surface area contributed by atoms with Crippen molar-refractivity contribution in [3.05, 3.63) is 65.1 Å². The summed E-state index contributed by atoms with van der Waals surface area (Å²) in [5.74, 6) is 0.825. The minimum atomic E-state index is -4.44. The number of pyridine rings is 1. The van der Waals surface area contributed by atoms with E-state index in [1.54, 1.807) is 0 Å². The van der Waals surface area contributed by atoms with Crippen molar-refractivity contribution < 1.29 is 18.0 Å². The van der Waals surface area contributed by atoms with Gasteiger partial charge in [-0.05, 0) is 30.0 Å². The lowest BCUT2D eigenvalue weighted by Gasteiger charge is -2.38. The molecule has 0 aliphatic carbocycles. The number of carbonyl (C=O) groups is 1. The second-order valence-corrected chi connectivity index (χ2v) is 8.84. The Morgan fingerprint density at radius 3 is 2.44 bits per heavy atom. The van der Waals surface area contributed by atoms with Gasteiger partial charge in [0.2, 0.25) is 5.91 Å². The van der Waals surface area contributed by atoms with Crippen LogP contribution in [0.3, 0.4) is 0 Å². The summed E-state index contributed by atoms with van der Waals surface area (Å²) >= 11 is 0. The molecule has 10 heteroatoms. The van der Waals surface area contributed by atoms with E-state index in [1.165, 1.54) is 10.9 Å². The standard InChI is InChI=1S/C24H27F3N6O/c1-14(2)22-23(34)30-21-15(3)29-20(11-18(21)32(22)4)28-12-16-5-7-17(8-6-16)13-33-10-9-19(31-33)24(25,26)27/h5-11,14,22H,12-13H2,1-4H3,(H,28,29)(H,30,34)/t22-/m0/s1. The van der Waals surface area contributed by atoms with Crippen LogP contribution in [0, 0.1) is 12.8 Å². The van der Waals surface area contributed by atoms with E-state index in [4.69, 9.17) is 0 Å². The van der Waals surface area contributed by atoms with Crippen LogP contribution < -0.4 is 15.5 Å². The zero-order valence-electron chi connectivity index (χ0n) is 19.4. The van der Waals surface area contributed by atoms with Crippen LogP contribution in [0.15, 0.2) is 42.6 Å². The average molecular weight is 473 g/mol. The molecule has 1 aliphatic heterocycles. The molecule has 4 rings (SSSR count). The normalized spacial score (nSPS) is 15.9. The molecule has 1 aromatic carbocycles. The number of rotatable bonds is 6. The van der Waals surface area contributed by atoms with Gasteiger partial charge >= 0.3 is 6.18 Å². The van der Waals surface area contributed by atoms with E-state index in [-0.39, 0.29) is 24.4 Å². The molecule has 2 N–H and O–H groups in total. The third kappa shape index (κ3) is 4.85. The van der Waals surface area contributed by atoms with Crippen LogP contribution >= 0.6 is 0 Å². The first kappa shape index (κ1) is 23.6. The molecule has 0 spiro atoms. The number of alkyl halides is 3.